The minimum Gasteiger partial charge on any atom is -0.0958 e. The first kappa shape index (κ1) is 20.5. The first-order valence-corrected chi connectivity index (χ1v) is 9.65. The zero-order valence-corrected chi connectivity index (χ0v) is 15.0. The maximum absolute atomic E-state index is 4.15. The second-order valence-corrected chi connectivity index (χ2v) is 6.49. The van der Waals surface area contributed by atoms with Crippen molar-refractivity contribution in [2.24, 2.45) is 0 Å². The lowest BCUT2D eigenvalue weighted by molar-refractivity contribution is 0.566. The van der Waals surface area contributed by atoms with Gasteiger partial charge in [-0.25, -0.2) is 0 Å². The van der Waals surface area contributed by atoms with Crippen LogP contribution in [0.3, 0.4) is 0 Å². The first-order chi connectivity index (χ1) is 10.3. The Morgan fingerprint density at radius 1 is 0.667 bits per heavy atom. The molecule has 0 atom stereocenters. The van der Waals surface area contributed by atoms with Crippen molar-refractivity contribution in [1.29, 1.82) is 0 Å². The molecule has 0 heterocycles. The van der Waals surface area contributed by atoms with Crippen molar-refractivity contribution in [1.82, 2.24) is 0 Å². The summed E-state index contributed by atoms with van der Waals surface area (Å²) in [7, 11) is 0. The third-order valence-corrected chi connectivity index (χ3v) is 4.18. The van der Waals surface area contributed by atoms with Gasteiger partial charge in [0.1, 0.15) is 0 Å². The number of hydrogen-bond acceptors (Lipinski definition) is 0. The maximum Gasteiger partial charge on any atom is -0.0285 e. The normalized spacial score (nSPS) is 11.3. The van der Waals surface area contributed by atoms with E-state index in [1.54, 1.807) is 0 Å². The highest BCUT2D eigenvalue weighted by Gasteiger charge is 1.92. The van der Waals surface area contributed by atoms with Crippen LogP contribution in [0.15, 0.2) is 24.3 Å². The van der Waals surface area contributed by atoms with Gasteiger partial charge in [-0.15, -0.1) is 0 Å². The van der Waals surface area contributed by atoms with E-state index in [0.717, 1.165) is 0 Å². The van der Waals surface area contributed by atoms with E-state index < -0.39 is 0 Å². The van der Waals surface area contributed by atoms with E-state index in [2.05, 4.69) is 32.6 Å². The van der Waals surface area contributed by atoms with Crippen molar-refractivity contribution in [3.05, 3.63) is 24.3 Å². The van der Waals surface area contributed by atoms with E-state index in [0.29, 0.717) is 0 Å². The molecule has 0 heteroatoms. The Balaban J connectivity index is 3.22. The van der Waals surface area contributed by atoms with Gasteiger partial charge in [0.2, 0.25) is 0 Å². The second kappa shape index (κ2) is 17.5. The smallest absolute Gasteiger partial charge is 0.0285 e. The first-order valence-electron chi connectivity index (χ1n) is 9.65. The second-order valence-electron chi connectivity index (χ2n) is 6.49. The number of hydrogen-bond donors (Lipinski definition) is 0. The van der Waals surface area contributed by atoms with Crippen LogP contribution in [0.2, 0.25) is 0 Å². The molecule has 0 bridgehead atoms. The Hall–Kier alpha value is -0.520. The molecule has 124 valence electrons. The van der Waals surface area contributed by atoms with E-state index in [9.17, 15) is 0 Å². The number of allylic oxidation sites excluding steroid dienone is 3. The molecule has 0 fully saturated rings. The molecule has 0 rings (SSSR count). The lowest BCUT2D eigenvalue weighted by atomic mass is 10.1. The third kappa shape index (κ3) is 17.4. The van der Waals surface area contributed by atoms with Gasteiger partial charge in [0.05, 0.1) is 0 Å². The summed E-state index contributed by atoms with van der Waals surface area (Å²) in [6.07, 6.45) is 25.1. The molecule has 0 aromatic heterocycles. The molecule has 0 saturated carbocycles. The Morgan fingerprint density at radius 2 is 1.14 bits per heavy atom. The maximum atomic E-state index is 4.15. The summed E-state index contributed by atoms with van der Waals surface area (Å²) in [6.45, 7) is 8.70. The molecule has 0 aliphatic rings. The zero-order chi connectivity index (χ0) is 15.6. The lowest BCUT2D eigenvalue weighted by Crippen LogP contribution is -1.81. The van der Waals surface area contributed by atoms with Crippen molar-refractivity contribution in [2.45, 2.75) is 110 Å². The Kier molecular flexibility index (Phi) is 17.1. The highest BCUT2D eigenvalue weighted by Crippen LogP contribution is 2.12. The quantitative estimate of drug-likeness (QED) is 0.200. The highest BCUT2D eigenvalue weighted by atomic mass is 14.0. The molecule has 0 aromatic carbocycles. The molecule has 0 saturated heterocycles. The highest BCUT2D eigenvalue weighted by molar-refractivity contribution is 5.13. The number of unbranched alkanes of at least 4 members (excludes halogenated alkanes) is 12. The fraction of sp³-hybridized carbons (Fsp3) is 0.810. The molecule has 0 spiro atoms. The summed E-state index contributed by atoms with van der Waals surface area (Å²) < 4.78 is 0. The fourth-order valence-corrected chi connectivity index (χ4v) is 2.69. The minimum atomic E-state index is 1.19. The van der Waals surface area contributed by atoms with Crippen LogP contribution in [0.25, 0.3) is 0 Å². The molecule has 0 aromatic rings. The number of rotatable bonds is 16. The van der Waals surface area contributed by atoms with Crippen LogP contribution in [-0.2, 0) is 0 Å². The molecule has 0 radical (unpaired) electrons. The van der Waals surface area contributed by atoms with Crippen molar-refractivity contribution < 1.29 is 0 Å². The minimum absolute atomic E-state index is 1.19. The van der Waals surface area contributed by atoms with Gasteiger partial charge in [0.15, 0.2) is 0 Å². The van der Waals surface area contributed by atoms with Crippen LogP contribution in [0, 0.1) is 0 Å². The summed E-state index contributed by atoms with van der Waals surface area (Å²) in [6, 6.07) is 0. The van der Waals surface area contributed by atoms with Gasteiger partial charge in [-0.3, -0.25) is 0 Å². The van der Waals surface area contributed by atoms with Gasteiger partial charge >= 0.3 is 0 Å². The molecular formula is C21H40. The molecule has 21 heavy (non-hydrogen) atoms. The van der Waals surface area contributed by atoms with Crippen LogP contribution in [0.1, 0.15) is 110 Å². The fourth-order valence-electron chi connectivity index (χ4n) is 2.69. The van der Waals surface area contributed by atoms with E-state index >= 15 is 0 Å². The summed E-state index contributed by atoms with van der Waals surface area (Å²) in [5.41, 5.74) is 1.32. The largest absolute Gasteiger partial charge is 0.0958 e. The van der Waals surface area contributed by atoms with E-state index in [-0.39, 0.29) is 0 Å². The van der Waals surface area contributed by atoms with Gasteiger partial charge in [-0.05, 0) is 25.7 Å². The van der Waals surface area contributed by atoms with E-state index in [1.165, 1.54) is 102 Å². The molecule has 0 aliphatic carbocycles. The molecule has 0 unspecified atom stereocenters. The SMILES string of the molecule is C=C(/C=C\CCCCCCCCCCC)CCCCCC. The van der Waals surface area contributed by atoms with Crippen LogP contribution in [0.4, 0.5) is 0 Å². The monoisotopic (exact) mass is 292 g/mol. The Labute approximate surface area is 135 Å². The topological polar surface area (TPSA) is 0 Å². The van der Waals surface area contributed by atoms with Crippen molar-refractivity contribution >= 4 is 0 Å². The lowest BCUT2D eigenvalue weighted by Gasteiger charge is -2.01. The Morgan fingerprint density at radius 3 is 1.71 bits per heavy atom. The summed E-state index contributed by atoms with van der Waals surface area (Å²) >= 11 is 0. The summed E-state index contributed by atoms with van der Waals surface area (Å²) in [4.78, 5) is 0. The third-order valence-electron chi connectivity index (χ3n) is 4.18. The van der Waals surface area contributed by atoms with Gasteiger partial charge < -0.3 is 0 Å². The molecule has 0 amide bonds. The van der Waals surface area contributed by atoms with E-state index in [4.69, 9.17) is 0 Å². The van der Waals surface area contributed by atoms with Crippen LogP contribution in [0.5, 0.6) is 0 Å². The zero-order valence-electron chi connectivity index (χ0n) is 15.0. The van der Waals surface area contributed by atoms with Gasteiger partial charge in [-0.1, -0.05) is 109 Å². The van der Waals surface area contributed by atoms with Crippen molar-refractivity contribution in [3.8, 4) is 0 Å². The average Bonchev–Trinajstić information content (AvgIpc) is 2.49. The molecule has 0 aliphatic heterocycles. The van der Waals surface area contributed by atoms with Crippen molar-refractivity contribution in [2.75, 3.05) is 0 Å². The predicted octanol–water partition coefficient (Wildman–Crippen LogP) is 7.99. The predicted molar refractivity (Wildman–Crippen MR) is 98.9 cm³/mol. The van der Waals surface area contributed by atoms with Crippen molar-refractivity contribution in [3.63, 3.8) is 0 Å². The van der Waals surface area contributed by atoms with Crippen LogP contribution < -0.4 is 0 Å². The van der Waals surface area contributed by atoms with Gasteiger partial charge in [0, 0.05) is 0 Å². The molecular weight excluding hydrogens is 252 g/mol. The molecule has 0 N–H and O–H groups in total. The van der Waals surface area contributed by atoms with E-state index in [1.807, 2.05) is 0 Å². The van der Waals surface area contributed by atoms with Crippen LogP contribution in [-0.4, -0.2) is 0 Å². The van der Waals surface area contributed by atoms with Gasteiger partial charge in [-0.2, -0.15) is 0 Å². The van der Waals surface area contributed by atoms with Gasteiger partial charge in [0.25, 0.3) is 0 Å². The summed E-state index contributed by atoms with van der Waals surface area (Å²) in [5.74, 6) is 0. The Bertz CT molecular complexity index is 236. The summed E-state index contributed by atoms with van der Waals surface area (Å²) in [5, 5.41) is 0. The average molecular weight is 293 g/mol. The molecule has 0 nitrogen and oxygen atoms in total. The van der Waals surface area contributed by atoms with Crippen LogP contribution >= 0.6 is 0 Å². The standard InChI is InChI=1S/C21H40/c1-4-6-8-10-11-12-13-14-15-16-18-20-21(3)19-17-9-7-5-2/h18,20H,3-17,19H2,1-2H3/b20-18-.